The molecule has 1 aromatic carbocycles. The summed E-state index contributed by atoms with van der Waals surface area (Å²) in [7, 11) is 0. The normalized spacial score (nSPS) is 18.3. The standard InChI is InChI=1S/C26H33F3N6O4/c1-4-35-22-21(23(33-35)32-18-7-5-16(6-8-18)26(27,28)29)30-15-34(24(22)37)13-20(36)31-17-9-11-19(12-10-17)39-14-25(2,3)38/h5-8,15,17,19,38H,4,9-14H2,1-3H3,(H,31,36)(H,32,33). The quantitative estimate of drug-likeness (QED) is 0.372. The number of benzene rings is 1. The van der Waals surface area contributed by atoms with Crippen LogP contribution < -0.4 is 16.2 Å². The number of nitrogens with one attached hydrogen (secondary N) is 2. The molecule has 1 aliphatic rings. The van der Waals surface area contributed by atoms with Crippen LogP contribution in [0.1, 0.15) is 52.0 Å². The number of alkyl halides is 3. The van der Waals surface area contributed by atoms with Gasteiger partial charge in [-0.3, -0.25) is 18.8 Å². The number of aliphatic hydroxyl groups is 1. The molecule has 1 saturated carbocycles. The second kappa shape index (κ2) is 11.3. The van der Waals surface area contributed by atoms with Gasteiger partial charge in [-0.25, -0.2) is 4.98 Å². The van der Waals surface area contributed by atoms with Crippen LogP contribution in [0.4, 0.5) is 24.7 Å². The minimum Gasteiger partial charge on any atom is -0.388 e. The van der Waals surface area contributed by atoms with Crippen molar-refractivity contribution in [2.45, 2.75) is 83.5 Å². The zero-order valence-electron chi connectivity index (χ0n) is 22.1. The van der Waals surface area contributed by atoms with Gasteiger partial charge in [-0.15, -0.1) is 0 Å². The molecule has 1 fully saturated rings. The van der Waals surface area contributed by atoms with Crippen LogP contribution in [0.3, 0.4) is 0 Å². The molecular weight excluding hydrogens is 517 g/mol. The van der Waals surface area contributed by atoms with Crippen molar-refractivity contribution in [2.75, 3.05) is 11.9 Å². The fourth-order valence-electron chi connectivity index (χ4n) is 4.53. The first-order valence-corrected chi connectivity index (χ1v) is 12.9. The molecular formula is C26H33F3N6O4. The largest absolute Gasteiger partial charge is 0.416 e. The van der Waals surface area contributed by atoms with Crippen molar-refractivity contribution in [1.82, 2.24) is 24.6 Å². The molecule has 0 bridgehead atoms. The Morgan fingerprint density at radius 1 is 1.15 bits per heavy atom. The lowest BCUT2D eigenvalue weighted by atomic mass is 9.93. The van der Waals surface area contributed by atoms with Crippen molar-refractivity contribution in [1.29, 1.82) is 0 Å². The van der Waals surface area contributed by atoms with E-state index in [2.05, 4.69) is 20.7 Å². The summed E-state index contributed by atoms with van der Waals surface area (Å²) in [5, 5.41) is 20.1. The first-order chi connectivity index (χ1) is 18.3. The number of amides is 1. The summed E-state index contributed by atoms with van der Waals surface area (Å²) in [5.41, 5.74) is -1.32. The van der Waals surface area contributed by atoms with Crippen molar-refractivity contribution in [3.05, 3.63) is 46.5 Å². The Hall–Kier alpha value is -3.45. The van der Waals surface area contributed by atoms with Gasteiger partial charge < -0.3 is 20.5 Å². The molecule has 4 rings (SSSR count). The zero-order valence-corrected chi connectivity index (χ0v) is 22.1. The van der Waals surface area contributed by atoms with E-state index in [1.54, 1.807) is 20.8 Å². The van der Waals surface area contributed by atoms with Crippen molar-refractivity contribution >= 4 is 28.4 Å². The average Bonchev–Trinajstić information content (AvgIpc) is 3.22. The molecule has 0 saturated heterocycles. The fraction of sp³-hybridized carbons (Fsp3) is 0.538. The van der Waals surface area contributed by atoms with Gasteiger partial charge >= 0.3 is 6.18 Å². The molecule has 3 aromatic rings. The predicted octanol–water partition coefficient (Wildman–Crippen LogP) is 3.59. The highest BCUT2D eigenvalue weighted by Crippen LogP contribution is 2.31. The van der Waals surface area contributed by atoms with Crippen molar-refractivity contribution in [3.8, 4) is 0 Å². The SMILES string of the molecule is CCn1nc(Nc2ccc(C(F)(F)F)cc2)c2ncn(CC(=O)NC3CCC(OCC(C)(C)O)CC3)c(=O)c21. The van der Waals surface area contributed by atoms with Crippen LogP contribution in [-0.2, 0) is 28.8 Å². The van der Waals surface area contributed by atoms with E-state index < -0.39 is 22.9 Å². The third kappa shape index (κ3) is 7.15. The van der Waals surface area contributed by atoms with Crippen LogP contribution in [-0.4, -0.2) is 54.7 Å². The summed E-state index contributed by atoms with van der Waals surface area (Å²) in [6, 6.07) is 4.43. The van der Waals surface area contributed by atoms with Crippen LogP contribution in [0.5, 0.6) is 0 Å². The van der Waals surface area contributed by atoms with Crippen molar-refractivity contribution < 1.29 is 27.8 Å². The van der Waals surface area contributed by atoms with Crippen molar-refractivity contribution in [3.63, 3.8) is 0 Å². The molecule has 0 unspecified atom stereocenters. The molecule has 0 spiro atoms. The Morgan fingerprint density at radius 3 is 2.41 bits per heavy atom. The number of aryl methyl sites for hydroxylation is 1. The second-order valence-corrected chi connectivity index (χ2v) is 10.4. The van der Waals surface area contributed by atoms with Crippen LogP contribution in [0.2, 0.25) is 0 Å². The van der Waals surface area contributed by atoms with Gasteiger partial charge in [-0.1, -0.05) is 0 Å². The van der Waals surface area contributed by atoms with E-state index in [1.807, 2.05) is 0 Å². The maximum atomic E-state index is 13.2. The first kappa shape index (κ1) is 28.6. The lowest BCUT2D eigenvalue weighted by Gasteiger charge is -2.30. The molecule has 0 radical (unpaired) electrons. The third-order valence-electron chi connectivity index (χ3n) is 6.52. The Kier molecular flexibility index (Phi) is 8.31. The Labute approximate surface area is 223 Å². The van der Waals surface area contributed by atoms with Gasteiger partial charge in [0, 0.05) is 18.3 Å². The molecule has 1 amide bonds. The third-order valence-corrected chi connectivity index (χ3v) is 6.52. The lowest BCUT2D eigenvalue weighted by Crippen LogP contribution is -2.42. The van der Waals surface area contributed by atoms with E-state index in [1.165, 1.54) is 27.7 Å². The number of carbonyl (C=O) groups excluding carboxylic acids is 1. The van der Waals surface area contributed by atoms with Gasteiger partial charge in [-0.2, -0.15) is 18.3 Å². The van der Waals surface area contributed by atoms with Gasteiger partial charge in [0.2, 0.25) is 5.91 Å². The summed E-state index contributed by atoms with van der Waals surface area (Å²) in [6.07, 6.45) is -0.146. The fourth-order valence-corrected chi connectivity index (χ4v) is 4.53. The van der Waals surface area contributed by atoms with Gasteiger partial charge in [0.15, 0.2) is 11.3 Å². The van der Waals surface area contributed by atoms with Crippen LogP contribution in [0.25, 0.3) is 11.0 Å². The Bertz CT molecular complexity index is 1350. The predicted molar refractivity (Wildman–Crippen MR) is 139 cm³/mol. The maximum absolute atomic E-state index is 13.2. The summed E-state index contributed by atoms with van der Waals surface area (Å²) in [5.74, 6) is -0.0892. The highest BCUT2D eigenvalue weighted by molar-refractivity contribution is 5.88. The van der Waals surface area contributed by atoms with Crippen molar-refractivity contribution in [2.24, 2.45) is 0 Å². The van der Waals surface area contributed by atoms with Gasteiger partial charge in [0.25, 0.3) is 5.56 Å². The maximum Gasteiger partial charge on any atom is 0.416 e. The molecule has 39 heavy (non-hydrogen) atoms. The average molecular weight is 551 g/mol. The second-order valence-electron chi connectivity index (χ2n) is 10.4. The highest BCUT2D eigenvalue weighted by Gasteiger charge is 2.30. The minimum absolute atomic E-state index is 0.0346. The number of halogens is 3. The number of rotatable bonds is 9. The first-order valence-electron chi connectivity index (χ1n) is 12.9. The van der Waals surface area contributed by atoms with E-state index in [0.717, 1.165) is 37.8 Å². The Morgan fingerprint density at radius 2 is 1.82 bits per heavy atom. The number of carbonyl (C=O) groups is 1. The summed E-state index contributed by atoms with van der Waals surface area (Å²) in [4.78, 5) is 30.3. The van der Waals surface area contributed by atoms with E-state index in [0.29, 0.717) is 12.2 Å². The minimum atomic E-state index is -4.44. The summed E-state index contributed by atoms with van der Waals surface area (Å²) < 4.78 is 47.0. The zero-order chi connectivity index (χ0) is 28.4. The van der Waals surface area contributed by atoms with Gasteiger partial charge in [0.05, 0.1) is 30.2 Å². The smallest absolute Gasteiger partial charge is 0.388 e. The number of fused-ring (bicyclic) bond motifs is 1. The number of aromatic nitrogens is 4. The number of anilines is 2. The van der Waals surface area contributed by atoms with E-state index >= 15 is 0 Å². The molecule has 10 nitrogen and oxygen atoms in total. The van der Waals surface area contributed by atoms with E-state index in [9.17, 15) is 27.9 Å². The lowest BCUT2D eigenvalue weighted by molar-refractivity contribution is -0.137. The molecule has 0 aliphatic heterocycles. The number of ether oxygens (including phenoxy) is 1. The topological polar surface area (TPSA) is 123 Å². The van der Waals surface area contributed by atoms with Crippen LogP contribution in [0.15, 0.2) is 35.4 Å². The van der Waals surface area contributed by atoms with E-state index in [-0.39, 0.29) is 48.1 Å². The van der Waals surface area contributed by atoms with E-state index in [4.69, 9.17) is 4.74 Å². The number of hydrogen-bond donors (Lipinski definition) is 3. The number of nitrogens with zero attached hydrogens (tertiary/aromatic N) is 4. The van der Waals surface area contributed by atoms with Crippen LogP contribution in [0, 0.1) is 0 Å². The Balaban J connectivity index is 1.42. The van der Waals surface area contributed by atoms with Gasteiger partial charge in [-0.05, 0) is 70.7 Å². The summed E-state index contributed by atoms with van der Waals surface area (Å²) >= 11 is 0. The van der Waals surface area contributed by atoms with Gasteiger partial charge in [0.1, 0.15) is 12.1 Å². The molecule has 3 N–H and O–H groups in total. The molecule has 2 heterocycles. The molecule has 212 valence electrons. The molecule has 1 aliphatic carbocycles. The summed E-state index contributed by atoms with van der Waals surface area (Å²) in [6.45, 7) is 5.56. The monoisotopic (exact) mass is 550 g/mol. The highest BCUT2D eigenvalue weighted by atomic mass is 19.4. The number of hydrogen-bond acceptors (Lipinski definition) is 7. The molecule has 0 atom stereocenters. The molecule has 13 heteroatoms. The molecule has 2 aromatic heterocycles. The van der Waals surface area contributed by atoms with Crippen LogP contribution >= 0.6 is 0 Å².